The van der Waals surface area contributed by atoms with Crippen molar-refractivity contribution in [3.05, 3.63) is 0 Å². The summed E-state index contributed by atoms with van der Waals surface area (Å²) in [6, 6.07) is 0. The number of anilines is 2. The van der Waals surface area contributed by atoms with Crippen molar-refractivity contribution >= 4 is 21.5 Å². The molecule has 2 heterocycles. The van der Waals surface area contributed by atoms with Crippen molar-refractivity contribution in [3.8, 4) is 0 Å². The average Bonchev–Trinajstić information content (AvgIpc) is 2.76. The maximum atomic E-state index is 12.1. The van der Waals surface area contributed by atoms with Gasteiger partial charge in [0.1, 0.15) is 5.82 Å². The van der Waals surface area contributed by atoms with Gasteiger partial charge in [0.05, 0.1) is 0 Å². The molecule has 120 valence electrons. The molecule has 8 heteroatoms. The van der Waals surface area contributed by atoms with Crippen LogP contribution in [0, 0.1) is 5.92 Å². The SMILES string of the molecule is CCCn1nc(N2CCC(CN)CC2)c(S(C)(=O)=O)c1N. The zero-order valence-corrected chi connectivity index (χ0v) is 13.6. The molecule has 0 spiro atoms. The van der Waals surface area contributed by atoms with E-state index in [1.165, 1.54) is 6.26 Å². The van der Waals surface area contributed by atoms with E-state index in [-0.39, 0.29) is 10.7 Å². The summed E-state index contributed by atoms with van der Waals surface area (Å²) in [4.78, 5) is 2.19. The van der Waals surface area contributed by atoms with Crippen LogP contribution in [0.3, 0.4) is 0 Å². The Bertz CT molecular complexity index is 588. The molecule has 1 saturated heterocycles. The van der Waals surface area contributed by atoms with Crippen LogP contribution < -0.4 is 16.4 Å². The average molecular weight is 315 g/mol. The summed E-state index contributed by atoms with van der Waals surface area (Å²) in [5, 5.41) is 4.45. The molecule has 0 saturated carbocycles. The minimum absolute atomic E-state index is 0.169. The number of hydrogen-bond acceptors (Lipinski definition) is 6. The second kappa shape index (κ2) is 6.23. The van der Waals surface area contributed by atoms with Gasteiger partial charge in [-0.15, -0.1) is 0 Å². The fourth-order valence-corrected chi connectivity index (χ4v) is 3.76. The van der Waals surface area contributed by atoms with Gasteiger partial charge in [-0.2, -0.15) is 5.10 Å². The number of nitrogen functional groups attached to an aromatic ring is 1. The van der Waals surface area contributed by atoms with Crippen molar-refractivity contribution in [2.24, 2.45) is 11.7 Å². The van der Waals surface area contributed by atoms with Gasteiger partial charge in [-0.3, -0.25) is 0 Å². The molecule has 1 aromatic rings. The summed E-state index contributed by atoms with van der Waals surface area (Å²) in [5.74, 6) is 1.26. The fraction of sp³-hybridized carbons (Fsp3) is 0.769. The first-order valence-electron chi connectivity index (χ1n) is 7.39. The second-order valence-corrected chi connectivity index (χ2v) is 7.65. The Morgan fingerprint density at radius 3 is 2.43 bits per heavy atom. The van der Waals surface area contributed by atoms with E-state index in [0.29, 0.717) is 24.8 Å². The van der Waals surface area contributed by atoms with Crippen LogP contribution in [0.4, 0.5) is 11.6 Å². The molecule has 4 N–H and O–H groups in total. The van der Waals surface area contributed by atoms with Crippen LogP contribution >= 0.6 is 0 Å². The molecule has 7 nitrogen and oxygen atoms in total. The van der Waals surface area contributed by atoms with Gasteiger partial charge in [0.25, 0.3) is 0 Å². The largest absolute Gasteiger partial charge is 0.383 e. The number of aromatic nitrogens is 2. The quantitative estimate of drug-likeness (QED) is 0.817. The fourth-order valence-electron chi connectivity index (χ4n) is 2.77. The minimum atomic E-state index is -3.40. The summed E-state index contributed by atoms with van der Waals surface area (Å²) < 4.78 is 25.7. The first kappa shape index (κ1) is 16.1. The molecular formula is C13H25N5O2S. The molecule has 0 aliphatic carbocycles. The molecule has 0 radical (unpaired) electrons. The lowest BCUT2D eigenvalue weighted by Gasteiger charge is -2.31. The predicted molar refractivity (Wildman–Crippen MR) is 84.0 cm³/mol. The van der Waals surface area contributed by atoms with Gasteiger partial charge in [-0.25, -0.2) is 13.1 Å². The van der Waals surface area contributed by atoms with Gasteiger partial charge >= 0.3 is 0 Å². The van der Waals surface area contributed by atoms with Crippen molar-refractivity contribution in [1.29, 1.82) is 0 Å². The van der Waals surface area contributed by atoms with E-state index in [2.05, 4.69) is 5.10 Å². The monoisotopic (exact) mass is 315 g/mol. The van der Waals surface area contributed by atoms with Crippen LogP contribution in [0.25, 0.3) is 0 Å². The Hall–Kier alpha value is -1.28. The number of rotatable bonds is 5. The van der Waals surface area contributed by atoms with Gasteiger partial charge in [0.15, 0.2) is 20.6 Å². The predicted octanol–water partition coefficient (Wildman–Crippen LogP) is 0.454. The van der Waals surface area contributed by atoms with E-state index in [9.17, 15) is 8.42 Å². The number of sulfone groups is 1. The Kier molecular flexibility index (Phi) is 4.77. The number of nitrogens with zero attached hydrogens (tertiary/aromatic N) is 3. The zero-order chi connectivity index (χ0) is 15.6. The molecule has 0 atom stereocenters. The van der Waals surface area contributed by atoms with E-state index in [1.807, 2.05) is 11.8 Å². The summed E-state index contributed by atoms with van der Waals surface area (Å²) >= 11 is 0. The number of piperidine rings is 1. The molecule has 1 fully saturated rings. The third-order valence-electron chi connectivity index (χ3n) is 3.98. The van der Waals surface area contributed by atoms with Gasteiger partial charge in [0.2, 0.25) is 0 Å². The third kappa shape index (κ3) is 3.32. The lowest BCUT2D eigenvalue weighted by Crippen LogP contribution is -2.37. The highest BCUT2D eigenvalue weighted by molar-refractivity contribution is 7.91. The van der Waals surface area contributed by atoms with Crippen molar-refractivity contribution in [2.45, 2.75) is 37.6 Å². The summed E-state index contributed by atoms with van der Waals surface area (Å²) in [7, 11) is -3.40. The Labute approximate surface area is 126 Å². The van der Waals surface area contributed by atoms with Gasteiger partial charge in [-0.05, 0) is 31.7 Å². The summed E-state index contributed by atoms with van der Waals surface area (Å²) in [6.45, 7) is 4.85. The maximum absolute atomic E-state index is 12.1. The van der Waals surface area contributed by atoms with Crippen LogP contribution in [-0.2, 0) is 16.4 Å². The highest BCUT2D eigenvalue weighted by Crippen LogP contribution is 2.32. The van der Waals surface area contributed by atoms with E-state index in [4.69, 9.17) is 11.5 Å². The first-order chi connectivity index (χ1) is 9.88. The Morgan fingerprint density at radius 1 is 1.33 bits per heavy atom. The van der Waals surface area contributed by atoms with Crippen molar-refractivity contribution < 1.29 is 8.42 Å². The summed E-state index contributed by atoms with van der Waals surface area (Å²) in [5.41, 5.74) is 11.7. The number of aryl methyl sites for hydroxylation is 1. The molecule has 1 aromatic heterocycles. The Balaban J connectivity index is 2.36. The van der Waals surface area contributed by atoms with Gasteiger partial charge < -0.3 is 16.4 Å². The zero-order valence-electron chi connectivity index (χ0n) is 12.7. The van der Waals surface area contributed by atoms with Crippen LogP contribution in [0.5, 0.6) is 0 Å². The van der Waals surface area contributed by atoms with E-state index >= 15 is 0 Å². The molecule has 0 amide bonds. The van der Waals surface area contributed by atoms with Crippen molar-refractivity contribution in [3.63, 3.8) is 0 Å². The first-order valence-corrected chi connectivity index (χ1v) is 9.29. The molecule has 2 rings (SSSR count). The lowest BCUT2D eigenvalue weighted by atomic mass is 9.97. The van der Waals surface area contributed by atoms with Crippen LogP contribution in [0.1, 0.15) is 26.2 Å². The van der Waals surface area contributed by atoms with Crippen LogP contribution in [0.15, 0.2) is 4.90 Å². The highest BCUT2D eigenvalue weighted by atomic mass is 32.2. The third-order valence-corrected chi connectivity index (χ3v) is 5.12. The molecule has 1 aliphatic heterocycles. The second-order valence-electron chi connectivity index (χ2n) is 5.70. The maximum Gasteiger partial charge on any atom is 0.182 e. The molecular weight excluding hydrogens is 290 g/mol. The number of hydrogen-bond donors (Lipinski definition) is 2. The molecule has 1 aliphatic rings. The van der Waals surface area contributed by atoms with E-state index in [1.54, 1.807) is 4.68 Å². The smallest absolute Gasteiger partial charge is 0.182 e. The highest BCUT2D eigenvalue weighted by Gasteiger charge is 2.29. The molecule has 21 heavy (non-hydrogen) atoms. The van der Waals surface area contributed by atoms with E-state index in [0.717, 1.165) is 32.4 Å². The van der Waals surface area contributed by atoms with Crippen molar-refractivity contribution in [2.75, 3.05) is 36.5 Å². The topological polar surface area (TPSA) is 107 Å². The van der Waals surface area contributed by atoms with Gasteiger partial charge in [-0.1, -0.05) is 6.92 Å². The van der Waals surface area contributed by atoms with Gasteiger partial charge in [0, 0.05) is 25.9 Å². The van der Waals surface area contributed by atoms with Crippen LogP contribution in [-0.4, -0.2) is 44.1 Å². The minimum Gasteiger partial charge on any atom is -0.383 e. The van der Waals surface area contributed by atoms with Crippen molar-refractivity contribution in [1.82, 2.24) is 9.78 Å². The van der Waals surface area contributed by atoms with E-state index < -0.39 is 9.84 Å². The van der Waals surface area contributed by atoms with Crippen LogP contribution in [0.2, 0.25) is 0 Å². The summed E-state index contributed by atoms with van der Waals surface area (Å²) in [6.07, 6.45) is 3.96. The Morgan fingerprint density at radius 2 is 1.95 bits per heavy atom. The molecule has 0 aromatic carbocycles. The molecule has 0 unspecified atom stereocenters. The standard InChI is InChI=1S/C13H25N5O2S/c1-3-6-18-12(15)11(21(2,19)20)13(16-18)17-7-4-10(9-14)5-8-17/h10H,3-9,14-15H2,1-2H3. The normalized spacial score (nSPS) is 17.4. The lowest BCUT2D eigenvalue weighted by molar-refractivity contribution is 0.411. The molecule has 0 bridgehead atoms. The number of nitrogens with two attached hydrogens (primary N) is 2.